The minimum Gasteiger partial charge on any atom is -0.508 e. The van der Waals surface area contributed by atoms with Gasteiger partial charge in [0.2, 0.25) is 0 Å². The van der Waals surface area contributed by atoms with Crippen molar-refractivity contribution in [1.29, 1.82) is 0 Å². The highest BCUT2D eigenvalue weighted by atomic mass is 16.4. The van der Waals surface area contributed by atoms with Gasteiger partial charge in [-0.2, -0.15) is 0 Å². The SMILES string of the molecule is CCCCCCCCCCCCCCCCCC(=O)c1ccccc1CN[C@@H](Cc1ccc(O)cc1)C(=O)O. The number of nitrogens with one attached hydrogen (secondary N) is 1. The minimum absolute atomic E-state index is 0.132. The molecule has 1 atom stereocenters. The standard InChI is InChI=1S/C34H51NO4/c1-2-3-4-5-6-7-8-9-10-11-12-13-14-15-16-21-33(37)31-20-18-17-19-29(31)27-35-32(34(38)39)26-28-22-24-30(36)25-23-28/h17-20,22-25,32,35-36H,2-16,21,26-27H2,1H3,(H,38,39)/t32-/m0/s1. The van der Waals surface area contributed by atoms with Crippen molar-refractivity contribution in [1.82, 2.24) is 5.32 Å². The van der Waals surface area contributed by atoms with Crippen molar-refractivity contribution in [2.75, 3.05) is 0 Å². The smallest absolute Gasteiger partial charge is 0.321 e. The van der Waals surface area contributed by atoms with E-state index in [1.54, 1.807) is 24.3 Å². The number of carboxylic acids is 1. The number of rotatable bonds is 23. The van der Waals surface area contributed by atoms with Gasteiger partial charge in [-0.1, -0.05) is 133 Å². The molecule has 2 aromatic rings. The molecule has 0 saturated heterocycles. The quantitative estimate of drug-likeness (QED) is 0.0975. The third-order valence-electron chi connectivity index (χ3n) is 7.54. The molecular weight excluding hydrogens is 486 g/mol. The van der Waals surface area contributed by atoms with Crippen molar-refractivity contribution < 1.29 is 19.8 Å². The third-order valence-corrected chi connectivity index (χ3v) is 7.54. The molecule has 0 saturated carbocycles. The summed E-state index contributed by atoms with van der Waals surface area (Å²) in [5.41, 5.74) is 2.34. The summed E-state index contributed by atoms with van der Waals surface area (Å²) >= 11 is 0. The summed E-state index contributed by atoms with van der Waals surface area (Å²) in [5.74, 6) is -0.655. The average Bonchev–Trinajstić information content (AvgIpc) is 2.94. The fourth-order valence-electron chi connectivity index (χ4n) is 5.09. The predicted molar refractivity (Wildman–Crippen MR) is 160 cm³/mol. The summed E-state index contributed by atoms with van der Waals surface area (Å²) in [6.45, 7) is 2.58. The van der Waals surface area contributed by atoms with E-state index in [1.807, 2.05) is 24.3 Å². The maximum Gasteiger partial charge on any atom is 0.321 e. The summed E-state index contributed by atoms with van der Waals surface area (Å²) in [6.07, 6.45) is 20.3. The van der Waals surface area contributed by atoms with E-state index in [0.29, 0.717) is 24.9 Å². The summed E-state index contributed by atoms with van der Waals surface area (Å²) < 4.78 is 0. The fourth-order valence-corrected chi connectivity index (χ4v) is 5.09. The Balaban J connectivity index is 1.61. The summed E-state index contributed by atoms with van der Waals surface area (Å²) in [6, 6.07) is 13.3. The van der Waals surface area contributed by atoms with E-state index in [2.05, 4.69) is 12.2 Å². The van der Waals surface area contributed by atoms with E-state index in [-0.39, 0.29) is 11.5 Å². The number of hydrogen-bond acceptors (Lipinski definition) is 4. The number of hydrogen-bond donors (Lipinski definition) is 3. The molecule has 2 aromatic carbocycles. The monoisotopic (exact) mass is 537 g/mol. The molecule has 0 fully saturated rings. The van der Waals surface area contributed by atoms with Gasteiger partial charge in [0.25, 0.3) is 0 Å². The number of carbonyl (C=O) groups is 2. The van der Waals surface area contributed by atoms with Gasteiger partial charge in [-0.15, -0.1) is 0 Å². The molecule has 0 aliphatic carbocycles. The molecule has 0 unspecified atom stereocenters. The van der Waals surface area contributed by atoms with E-state index in [9.17, 15) is 19.8 Å². The molecule has 0 spiro atoms. The number of ketones is 1. The van der Waals surface area contributed by atoms with Crippen LogP contribution < -0.4 is 5.32 Å². The van der Waals surface area contributed by atoms with Crippen LogP contribution >= 0.6 is 0 Å². The van der Waals surface area contributed by atoms with Gasteiger partial charge in [-0.25, -0.2) is 0 Å². The highest BCUT2D eigenvalue weighted by molar-refractivity contribution is 5.97. The molecule has 0 aliphatic heterocycles. The van der Waals surface area contributed by atoms with Gasteiger partial charge in [-0.3, -0.25) is 14.9 Å². The lowest BCUT2D eigenvalue weighted by molar-refractivity contribution is -0.139. The van der Waals surface area contributed by atoms with E-state index in [4.69, 9.17) is 0 Å². The number of benzene rings is 2. The van der Waals surface area contributed by atoms with Crippen LogP contribution in [0.25, 0.3) is 0 Å². The molecule has 0 radical (unpaired) electrons. The molecule has 0 bridgehead atoms. The first-order chi connectivity index (χ1) is 19.0. The second-order valence-corrected chi connectivity index (χ2v) is 10.9. The van der Waals surface area contributed by atoms with Gasteiger partial charge in [0.1, 0.15) is 11.8 Å². The van der Waals surface area contributed by atoms with Crippen molar-refractivity contribution in [3.05, 3.63) is 65.2 Å². The molecule has 0 amide bonds. The van der Waals surface area contributed by atoms with Gasteiger partial charge >= 0.3 is 5.97 Å². The first-order valence-electron chi connectivity index (χ1n) is 15.4. The maximum atomic E-state index is 12.9. The molecule has 0 aliphatic rings. The first-order valence-corrected chi connectivity index (χ1v) is 15.4. The molecule has 3 N–H and O–H groups in total. The van der Waals surface area contributed by atoms with Crippen molar-refractivity contribution in [3.8, 4) is 5.75 Å². The summed E-state index contributed by atoms with van der Waals surface area (Å²) in [7, 11) is 0. The molecule has 5 nitrogen and oxygen atoms in total. The van der Waals surface area contributed by atoms with Crippen LogP contribution in [0.1, 0.15) is 131 Å². The predicted octanol–water partition coefficient (Wildman–Crippen LogP) is 8.62. The Bertz CT molecular complexity index is 940. The number of carbonyl (C=O) groups excluding carboxylic acids is 1. The molecule has 216 valence electrons. The van der Waals surface area contributed by atoms with Gasteiger partial charge < -0.3 is 10.2 Å². The van der Waals surface area contributed by atoms with E-state index < -0.39 is 12.0 Å². The number of phenolic OH excluding ortho intramolecular Hbond substituents is 1. The Morgan fingerprint density at radius 2 is 1.23 bits per heavy atom. The lowest BCUT2D eigenvalue weighted by atomic mass is 9.98. The van der Waals surface area contributed by atoms with Gasteiger partial charge in [0, 0.05) is 18.5 Å². The second-order valence-electron chi connectivity index (χ2n) is 10.9. The van der Waals surface area contributed by atoms with Crippen LogP contribution in [0.15, 0.2) is 48.5 Å². The fraction of sp³-hybridized carbons (Fsp3) is 0.588. The maximum absolute atomic E-state index is 12.9. The molecular formula is C34H51NO4. The Kier molecular flexibility index (Phi) is 16.9. The molecule has 5 heteroatoms. The lowest BCUT2D eigenvalue weighted by Gasteiger charge is -2.16. The highest BCUT2D eigenvalue weighted by Crippen LogP contribution is 2.17. The van der Waals surface area contributed by atoms with Crippen LogP contribution in [-0.2, 0) is 17.8 Å². The zero-order valence-electron chi connectivity index (χ0n) is 24.1. The van der Waals surface area contributed by atoms with Gasteiger partial charge in [0.05, 0.1) is 0 Å². The number of phenols is 1. The number of carboxylic acid groups (broad SMARTS) is 1. The normalized spacial score (nSPS) is 11.9. The average molecular weight is 538 g/mol. The van der Waals surface area contributed by atoms with Crippen molar-refractivity contribution in [2.45, 2.75) is 129 Å². The first kappa shape index (κ1) is 32.6. The number of Topliss-reactive ketones (excluding diaryl/α,β-unsaturated/α-hetero) is 1. The van der Waals surface area contributed by atoms with Crippen LogP contribution in [-0.4, -0.2) is 28.0 Å². The van der Waals surface area contributed by atoms with Crippen molar-refractivity contribution >= 4 is 11.8 Å². The lowest BCUT2D eigenvalue weighted by Crippen LogP contribution is -2.38. The Labute approximate surface area is 236 Å². The Hall–Kier alpha value is -2.66. The number of aromatic hydroxyl groups is 1. The van der Waals surface area contributed by atoms with Gasteiger partial charge in [0.15, 0.2) is 5.78 Å². The second kappa shape index (κ2) is 20.3. The Morgan fingerprint density at radius 3 is 1.77 bits per heavy atom. The molecule has 39 heavy (non-hydrogen) atoms. The summed E-state index contributed by atoms with van der Waals surface area (Å²) in [4.78, 5) is 24.7. The van der Waals surface area contributed by atoms with Gasteiger partial charge in [-0.05, 0) is 36.1 Å². The summed E-state index contributed by atoms with van der Waals surface area (Å²) in [5, 5.41) is 22.2. The van der Waals surface area contributed by atoms with Crippen LogP contribution in [0.4, 0.5) is 0 Å². The van der Waals surface area contributed by atoms with Crippen LogP contribution in [0.5, 0.6) is 5.75 Å². The zero-order valence-corrected chi connectivity index (χ0v) is 24.1. The number of unbranched alkanes of at least 4 members (excludes halogenated alkanes) is 14. The molecule has 2 rings (SSSR count). The highest BCUT2D eigenvalue weighted by Gasteiger charge is 2.19. The Morgan fingerprint density at radius 1 is 0.718 bits per heavy atom. The minimum atomic E-state index is -0.940. The van der Waals surface area contributed by atoms with E-state index in [1.165, 1.54) is 83.5 Å². The van der Waals surface area contributed by atoms with E-state index >= 15 is 0 Å². The molecule has 0 aromatic heterocycles. The molecule has 0 heterocycles. The number of aliphatic carboxylic acids is 1. The van der Waals surface area contributed by atoms with Crippen molar-refractivity contribution in [3.63, 3.8) is 0 Å². The van der Waals surface area contributed by atoms with Crippen LogP contribution in [0, 0.1) is 0 Å². The van der Waals surface area contributed by atoms with Crippen molar-refractivity contribution in [2.24, 2.45) is 0 Å². The van der Waals surface area contributed by atoms with Crippen LogP contribution in [0.2, 0.25) is 0 Å². The third kappa shape index (κ3) is 14.3. The largest absolute Gasteiger partial charge is 0.508 e. The van der Waals surface area contributed by atoms with E-state index in [0.717, 1.165) is 24.0 Å². The van der Waals surface area contributed by atoms with Crippen LogP contribution in [0.3, 0.4) is 0 Å². The topological polar surface area (TPSA) is 86.6 Å². The zero-order chi connectivity index (χ0) is 28.1.